The molecule has 21 heavy (non-hydrogen) atoms. The number of hydrogen-bond donors (Lipinski definition) is 1. The van der Waals surface area contributed by atoms with Gasteiger partial charge in [0, 0.05) is 13.2 Å². The van der Waals surface area contributed by atoms with Gasteiger partial charge >= 0.3 is 0 Å². The molecule has 0 amide bonds. The molecule has 2 nitrogen and oxygen atoms in total. The van der Waals surface area contributed by atoms with E-state index in [9.17, 15) is 0 Å². The molecule has 1 aliphatic rings. The Morgan fingerprint density at radius 2 is 1.43 bits per heavy atom. The van der Waals surface area contributed by atoms with Gasteiger partial charge in [-0.2, -0.15) is 0 Å². The topological polar surface area (TPSA) is 35.2 Å². The van der Waals surface area contributed by atoms with Crippen LogP contribution in [0.1, 0.15) is 103 Å². The van der Waals surface area contributed by atoms with Crippen LogP contribution in [0.5, 0.6) is 0 Å². The van der Waals surface area contributed by atoms with Crippen LogP contribution in [-0.4, -0.2) is 18.8 Å². The van der Waals surface area contributed by atoms with Gasteiger partial charge in [0.1, 0.15) is 0 Å². The normalized spacial score (nSPS) is 18.4. The van der Waals surface area contributed by atoms with Crippen molar-refractivity contribution in [3.05, 3.63) is 0 Å². The Morgan fingerprint density at radius 3 is 1.86 bits per heavy atom. The van der Waals surface area contributed by atoms with Crippen molar-refractivity contribution in [1.29, 1.82) is 0 Å². The van der Waals surface area contributed by atoms with E-state index in [1.54, 1.807) is 0 Å². The van der Waals surface area contributed by atoms with Crippen LogP contribution in [0.3, 0.4) is 0 Å². The van der Waals surface area contributed by atoms with E-state index in [4.69, 9.17) is 10.5 Å². The molecule has 1 atom stereocenters. The number of rotatable bonds is 14. The first-order valence-corrected chi connectivity index (χ1v) is 9.53. The lowest BCUT2D eigenvalue weighted by molar-refractivity contribution is -0.0818. The van der Waals surface area contributed by atoms with Gasteiger partial charge < -0.3 is 10.5 Å². The molecule has 1 aliphatic carbocycles. The van der Waals surface area contributed by atoms with Gasteiger partial charge in [-0.05, 0) is 32.1 Å². The zero-order chi connectivity index (χ0) is 15.4. The molecule has 0 saturated heterocycles. The van der Waals surface area contributed by atoms with Gasteiger partial charge in [-0.25, -0.2) is 0 Å². The Hall–Kier alpha value is -0.0800. The highest BCUT2D eigenvalue weighted by molar-refractivity contribution is 4.92. The van der Waals surface area contributed by atoms with Gasteiger partial charge in [0.05, 0.1) is 5.60 Å². The first kappa shape index (κ1) is 19.0. The fourth-order valence-electron chi connectivity index (χ4n) is 3.54. The lowest BCUT2D eigenvalue weighted by Gasteiger charge is -2.42. The molecule has 1 saturated carbocycles. The highest BCUT2D eigenvalue weighted by Crippen LogP contribution is 2.39. The minimum Gasteiger partial charge on any atom is -0.378 e. The van der Waals surface area contributed by atoms with E-state index in [0.29, 0.717) is 6.04 Å². The minimum absolute atomic E-state index is 0.151. The number of ether oxygens (including phenoxy) is 1. The summed E-state index contributed by atoms with van der Waals surface area (Å²) >= 11 is 0. The van der Waals surface area contributed by atoms with Crippen LogP contribution >= 0.6 is 0 Å². The van der Waals surface area contributed by atoms with Crippen LogP contribution in [-0.2, 0) is 4.74 Å². The summed E-state index contributed by atoms with van der Waals surface area (Å²) in [5, 5.41) is 0. The van der Waals surface area contributed by atoms with Crippen molar-refractivity contribution in [3.8, 4) is 0 Å². The maximum absolute atomic E-state index is 6.27. The Morgan fingerprint density at radius 1 is 0.905 bits per heavy atom. The molecular weight excluding hydrogens is 258 g/mol. The largest absolute Gasteiger partial charge is 0.378 e. The standard InChI is InChI=1S/C19H39NO/c1-3-4-5-6-7-8-9-10-11-12-14-18(20)17-19(21-2)15-13-16-19/h18H,3-17,20H2,1-2H3. The van der Waals surface area contributed by atoms with Crippen LogP contribution in [0.4, 0.5) is 0 Å². The third kappa shape index (κ3) is 8.21. The summed E-state index contributed by atoms with van der Waals surface area (Å²) < 4.78 is 5.66. The molecule has 0 spiro atoms. The highest BCUT2D eigenvalue weighted by Gasteiger charge is 2.37. The smallest absolute Gasteiger partial charge is 0.0693 e. The third-order valence-electron chi connectivity index (χ3n) is 5.26. The first-order chi connectivity index (χ1) is 10.2. The molecule has 0 aromatic heterocycles. The van der Waals surface area contributed by atoms with Gasteiger partial charge in [0.15, 0.2) is 0 Å². The van der Waals surface area contributed by atoms with Crippen molar-refractivity contribution >= 4 is 0 Å². The Balaban J connectivity index is 1.85. The average molecular weight is 298 g/mol. The first-order valence-electron chi connectivity index (χ1n) is 9.53. The highest BCUT2D eigenvalue weighted by atomic mass is 16.5. The molecule has 0 radical (unpaired) electrons. The average Bonchev–Trinajstić information content (AvgIpc) is 2.45. The molecule has 126 valence electrons. The number of methoxy groups -OCH3 is 1. The molecular formula is C19H39NO. The van der Waals surface area contributed by atoms with Gasteiger partial charge in [-0.1, -0.05) is 71.1 Å². The van der Waals surface area contributed by atoms with Crippen molar-refractivity contribution in [2.45, 2.75) is 115 Å². The van der Waals surface area contributed by atoms with Gasteiger partial charge in [-0.3, -0.25) is 0 Å². The van der Waals surface area contributed by atoms with Crippen molar-refractivity contribution < 1.29 is 4.74 Å². The summed E-state index contributed by atoms with van der Waals surface area (Å²) in [6, 6.07) is 0.347. The maximum atomic E-state index is 6.27. The fraction of sp³-hybridized carbons (Fsp3) is 1.00. The summed E-state index contributed by atoms with van der Waals surface area (Å²) in [5.41, 5.74) is 6.42. The molecule has 2 N–H and O–H groups in total. The molecule has 1 fully saturated rings. The minimum atomic E-state index is 0.151. The van der Waals surface area contributed by atoms with Gasteiger partial charge in [0.25, 0.3) is 0 Å². The quantitative estimate of drug-likeness (QED) is 0.424. The second kappa shape index (κ2) is 11.5. The van der Waals surface area contributed by atoms with Crippen LogP contribution in [0.15, 0.2) is 0 Å². The fourth-order valence-corrected chi connectivity index (χ4v) is 3.54. The zero-order valence-electron chi connectivity index (χ0n) is 14.7. The molecule has 0 aliphatic heterocycles. The van der Waals surface area contributed by atoms with E-state index in [1.165, 1.54) is 89.9 Å². The Labute approximate surface area is 133 Å². The molecule has 1 unspecified atom stereocenters. The summed E-state index contributed by atoms with van der Waals surface area (Å²) in [6.45, 7) is 2.28. The second-order valence-electron chi connectivity index (χ2n) is 7.18. The Bertz CT molecular complexity index is 232. The van der Waals surface area contributed by atoms with Crippen LogP contribution < -0.4 is 5.73 Å². The van der Waals surface area contributed by atoms with E-state index < -0.39 is 0 Å². The van der Waals surface area contributed by atoms with Gasteiger partial charge in [0.2, 0.25) is 0 Å². The van der Waals surface area contributed by atoms with Crippen molar-refractivity contribution in [1.82, 2.24) is 0 Å². The number of hydrogen-bond acceptors (Lipinski definition) is 2. The number of nitrogens with two attached hydrogens (primary N) is 1. The SMILES string of the molecule is CCCCCCCCCCCCC(N)CC1(OC)CCC1. The summed E-state index contributed by atoms with van der Waals surface area (Å²) in [4.78, 5) is 0. The van der Waals surface area contributed by atoms with Crippen molar-refractivity contribution in [2.24, 2.45) is 5.73 Å². The molecule has 0 aromatic rings. The maximum Gasteiger partial charge on any atom is 0.0693 e. The summed E-state index contributed by atoms with van der Waals surface area (Å²) in [7, 11) is 1.85. The lowest BCUT2D eigenvalue weighted by atomic mass is 9.75. The van der Waals surface area contributed by atoms with Gasteiger partial charge in [-0.15, -0.1) is 0 Å². The van der Waals surface area contributed by atoms with E-state index in [-0.39, 0.29) is 5.60 Å². The van der Waals surface area contributed by atoms with E-state index in [2.05, 4.69) is 6.92 Å². The summed E-state index contributed by atoms with van der Waals surface area (Å²) in [6.07, 6.45) is 20.0. The van der Waals surface area contributed by atoms with Crippen molar-refractivity contribution in [2.75, 3.05) is 7.11 Å². The molecule has 2 heteroatoms. The zero-order valence-corrected chi connectivity index (χ0v) is 14.7. The van der Waals surface area contributed by atoms with Crippen LogP contribution in [0, 0.1) is 0 Å². The van der Waals surface area contributed by atoms with E-state index in [0.717, 1.165) is 6.42 Å². The molecule has 1 rings (SSSR count). The van der Waals surface area contributed by atoms with Crippen molar-refractivity contribution in [3.63, 3.8) is 0 Å². The molecule has 0 bridgehead atoms. The monoisotopic (exact) mass is 297 g/mol. The Kier molecular flexibility index (Phi) is 10.4. The third-order valence-corrected chi connectivity index (χ3v) is 5.26. The second-order valence-corrected chi connectivity index (χ2v) is 7.18. The predicted molar refractivity (Wildman–Crippen MR) is 92.6 cm³/mol. The van der Waals surface area contributed by atoms with Crippen LogP contribution in [0.2, 0.25) is 0 Å². The van der Waals surface area contributed by atoms with E-state index >= 15 is 0 Å². The molecule has 0 aromatic carbocycles. The predicted octanol–water partition coefficient (Wildman–Crippen LogP) is 5.58. The van der Waals surface area contributed by atoms with E-state index in [1.807, 2.05) is 7.11 Å². The lowest BCUT2D eigenvalue weighted by Crippen LogP contribution is -2.44. The van der Waals surface area contributed by atoms with Crippen LogP contribution in [0.25, 0.3) is 0 Å². The number of unbranched alkanes of at least 4 members (excludes halogenated alkanes) is 9. The summed E-state index contributed by atoms with van der Waals surface area (Å²) in [5.74, 6) is 0. The molecule has 0 heterocycles.